The highest BCUT2D eigenvalue weighted by Gasteiger charge is 2.40. The number of hydrogen-bond donors (Lipinski definition) is 2. The van der Waals surface area contributed by atoms with E-state index in [-0.39, 0.29) is 17.8 Å². The standard InChI is InChI=1S/C42H34N6O/c1-29(26-30-14-6-2-7-15-30)44-41(49)40-45-36-27-35-38(28-37(36)46-40)48(47-39(35)31-22-24-43-25-23-31)42(32-16-8-3-9-17-32,33-18-10-4-11-19-33)34-20-12-5-13-21-34/h2-25,27-29,47H,26H2,1H3,(H,44,49). The molecule has 8 rings (SSSR count). The van der Waals surface area contributed by atoms with Gasteiger partial charge < -0.3 is 5.32 Å². The van der Waals surface area contributed by atoms with Gasteiger partial charge in [0.15, 0.2) is 0 Å². The number of carbonyl (C=O) groups excluding carboxylic acids is 1. The van der Waals surface area contributed by atoms with Crippen molar-refractivity contribution in [1.82, 2.24) is 30.0 Å². The second-order valence-electron chi connectivity index (χ2n) is 12.3. The highest BCUT2D eigenvalue weighted by Crippen LogP contribution is 2.44. The number of imidazole rings is 1. The van der Waals surface area contributed by atoms with Gasteiger partial charge in [-0.05, 0) is 59.9 Å². The van der Waals surface area contributed by atoms with Crippen LogP contribution in [0.3, 0.4) is 0 Å². The Balaban J connectivity index is 1.35. The van der Waals surface area contributed by atoms with Crippen molar-refractivity contribution >= 4 is 27.8 Å². The summed E-state index contributed by atoms with van der Waals surface area (Å²) in [5, 5.41) is 7.90. The summed E-state index contributed by atoms with van der Waals surface area (Å²) in [4.78, 5) is 27.3. The predicted molar refractivity (Wildman–Crippen MR) is 194 cm³/mol. The molecule has 0 aliphatic rings. The molecule has 3 heterocycles. The lowest BCUT2D eigenvalue weighted by atomic mass is 9.77. The number of fused-ring (bicyclic) bond motifs is 2. The molecule has 0 spiro atoms. The molecule has 238 valence electrons. The first kappa shape index (κ1) is 30.0. The highest BCUT2D eigenvalue weighted by molar-refractivity contribution is 6.03. The molecule has 0 saturated carbocycles. The first-order chi connectivity index (χ1) is 24.1. The minimum Gasteiger partial charge on any atom is -0.347 e. The number of hydrogen-bond acceptors (Lipinski definition) is 4. The van der Waals surface area contributed by atoms with Crippen LogP contribution in [0.4, 0.5) is 0 Å². The zero-order chi connectivity index (χ0) is 33.2. The number of amides is 1. The zero-order valence-electron chi connectivity index (χ0n) is 27.0. The van der Waals surface area contributed by atoms with E-state index in [2.05, 4.69) is 105 Å². The van der Waals surface area contributed by atoms with E-state index in [9.17, 15) is 4.79 Å². The Kier molecular flexibility index (Phi) is 7.78. The van der Waals surface area contributed by atoms with Gasteiger partial charge in [-0.25, -0.2) is 9.97 Å². The van der Waals surface area contributed by atoms with Crippen LogP contribution in [0, 0.1) is 0 Å². The lowest BCUT2D eigenvalue weighted by Crippen LogP contribution is -2.38. The molecule has 0 fully saturated rings. The van der Waals surface area contributed by atoms with Gasteiger partial charge in [0.05, 0.1) is 22.2 Å². The molecule has 0 aliphatic heterocycles. The van der Waals surface area contributed by atoms with E-state index < -0.39 is 5.54 Å². The van der Waals surface area contributed by atoms with Crippen LogP contribution in [0.1, 0.15) is 39.8 Å². The Labute approximate surface area is 284 Å². The maximum absolute atomic E-state index is 13.5. The molecule has 0 saturated heterocycles. The van der Waals surface area contributed by atoms with Gasteiger partial charge in [-0.3, -0.25) is 19.6 Å². The van der Waals surface area contributed by atoms with Crippen LogP contribution in [0.15, 0.2) is 158 Å². The molecule has 1 atom stereocenters. The van der Waals surface area contributed by atoms with E-state index >= 15 is 0 Å². The van der Waals surface area contributed by atoms with Gasteiger partial charge in [0.1, 0.15) is 5.54 Å². The summed E-state index contributed by atoms with van der Waals surface area (Å²) in [5.41, 5.74) is 7.73. The van der Waals surface area contributed by atoms with Crippen molar-refractivity contribution in [3.05, 3.63) is 186 Å². The fourth-order valence-corrected chi connectivity index (χ4v) is 6.95. The lowest BCUT2D eigenvalue weighted by molar-refractivity contribution is 0.0931. The van der Waals surface area contributed by atoms with Crippen molar-refractivity contribution in [3.8, 4) is 11.3 Å². The van der Waals surface area contributed by atoms with Gasteiger partial charge in [0, 0.05) is 29.4 Å². The Hall–Kier alpha value is -6.34. The second kappa shape index (κ2) is 12.7. The largest absolute Gasteiger partial charge is 0.347 e. The van der Waals surface area contributed by atoms with Crippen molar-refractivity contribution in [2.45, 2.75) is 24.9 Å². The van der Waals surface area contributed by atoms with Gasteiger partial charge in [-0.1, -0.05) is 121 Å². The summed E-state index contributed by atoms with van der Waals surface area (Å²) in [6.45, 7) is 2.00. The minimum absolute atomic E-state index is 0.0870. The fourth-order valence-electron chi connectivity index (χ4n) is 6.95. The number of H-pyrrole nitrogens is 1. The summed E-state index contributed by atoms with van der Waals surface area (Å²) in [7, 11) is 0. The number of rotatable bonds is 9. The molecule has 0 aliphatic carbocycles. The van der Waals surface area contributed by atoms with Crippen molar-refractivity contribution in [2.75, 3.05) is 0 Å². The average Bonchev–Trinajstić information content (AvgIpc) is 3.75. The summed E-state index contributed by atoms with van der Waals surface area (Å²) in [5.74, 6) is -0.135. The van der Waals surface area contributed by atoms with Crippen LogP contribution < -0.4 is 5.32 Å². The number of aromatic amines is 1. The van der Waals surface area contributed by atoms with Crippen LogP contribution >= 0.6 is 0 Å². The summed E-state index contributed by atoms with van der Waals surface area (Å²) in [6, 6.07) is 49.8. The number of aromatic nitrogens is 5. The van der Waals surface area contributed by atoms with Crippen molar-refractivity contribution in [3.63, 3.8) is 0 Å². The zero-order valence-corrected chi connectivity index (χ0v) is 27.0. The maximum atomic E-state index is 13.5. The summed E-state index contributed by atoms with van der Waals surface area (Å²) >= 11 is 0. The number of pyridine rings is 1. The monoisotopic (exact) mass is 638 g/mol. The SMILES string of the molecule is CC(Cc1ccccc1)NC(=O)c1nc2cc3c(-c4ccncc4)[nH]n(C(c4ccccc4)(c4ccccc4)c4ccccc4)c3cc2n1. The molecule has 0 bridgehead atoms. The number of nitrogens with zero attached hydrogens (tertiary/aromatic N) is 4. The van der Waals surface area contributed by atoms with E-state index in [1.807, 2.05) is 67.6 Å². The quantitative estimate of drug-likeness (QED) is 0.156. The minimum atomic E-state index is -0.798. The predicted octanol–water partition coefficient (Wildman–Crippen LogP) is 8.18. The summed E-state index contributed by atoms with van der Waals surface area (Å²) < 4.78 is 2.24. The van der Waals surface area contributed by atoms with E-state index in [1.54, 1.807) is 12.4 Å². The third-order valence-corrected chi connectivity index (χ3v) is 9.12. The summed E-state index contributed by atoms with van der Waals surface area (Å²) in [6.07, 6.45) is 4.31. The lowest BCUT2D eigenvalue weighted by Gasteiger charge is -2.37. The van der Waals surface area contributed by atoms with Crippen LogP contribution in [-0.4, -0.2) is 36.7 Å². The third-order valence-electron chi connectivity index (χ3n) is 9.12. The van der Waals surface area contributed by atoms with E-state index in [1.165, 1.54) is 0 Å². The fraction of sp³-hybridized carbons (Fsp3) is 0.0952. The molecule has 1 amide bonds. The molecule has 7 heteroatoms. The highest BCUT2D eigenvalue weighted by atomic mass is 16.2. The van der Waals surface area contributed by atoms with E-state index in [0.29, 0.717) is 17.5 Å². The molecule has 0 radical (unpaired) electrons. The molecule has 8 aromatic rings. The number of benzene rings is 5. The molecule has 3 aromatic heterocycles. The van der Waals surface area contributed by atoms with Crippen LogP contribution in [0.25, 0.3) is 33.2 Å². The Morgan fingerprint density at radius 2 is 1.22 bits per heavy atom. The Morgan fingerprint density at radius 1 is 0.714 bits per heavy atom. The van der Waals surface area contributed by atoms with Crippen LogP contribution in [0.5, 0.6) is 0 Å². The van der Waals surface area contributed by atoms with Gasteiger partial charge in [0.2, 0.25) is 5.82 Å². The topological polar surface area (TPSA) is 88.5 Å². The van der Waals surface area contributed by atoms with Gasteiger partial charge in [-0.2, -0.15) is 0 Å². The van der Waals surface area contributed by atoms with Crippen molar-refractivity contribution < 1.29 is 4.79 Å². The molecular weight excluding hydrogens is 605 g/mol. The molecular formula is C42H34N6O. The molecule has 49 heavy (non-hydrogen) atoms. The number of nitrogens with one attached hydrogen (secondary N) is 2. The maximum Gasteiger partial charge on any atom is 0.289 e. The van der Waals surface area contributed by atoms with Crippen molar-refractivity contribution in [1.29, 1.82) is 0 Å². The van der Waals surface area contributed by atoms with Crippen LogP contribution in [-0.2, 0) is 12.0 Å². The van der Waals surface area contributed by atoms with Gasteiger partial charge in [0.25, 0.3) is 5.91 Å². The van der Waals surface area contributed by atoms with E-state index in [0.717, 1.165) is 44.4 Å². The Morgan fingerprint density at radius 3 is 1.78 bits per heavy atom. The Bertz CT molecular complexity index is 2260. The first-order valence-corrected chi connectivity index (χ1v) is 16.5. The second-order valence-corrected chi connectivity index (χ2v) is 12.3. The normalized spacial score (nSPS) is 12.3. The third kappa shape index (κ3) is 5.45. The molecule has 2 N–H and O–H groups in total. The van der Waals surface area contributed by atoms with Gasteiger partial charge in [-0.15, -0.1) is 0 Å². The molecule has 7 nitrogen and oxygen atoms in total. The molecule has 5 aromatic carbocycles. The van der Waals surface area contributed by atoms with Gasteiger partial charge >= 0.3 is 0 Å². The van der Waals surface area contributed by atoms with Crippen molar-refractivity contribution in [2.24, 2.45) is 0 Å². The smallest absolute Gasteiger partial charge is 0.289 e. The average molecular weight is 639 g/mol. The number of carbonyl (C=O) groups is 1. The molecule has 1 unspecified atom stereocenters. The van der Waals surface area contributed by atoms with Crippen LogP contribution in [0.2, 0.25) is 0 Å². The first-order valence-electron chi connectivity index (χ1n) is 16.5. The van der Waals surface area contributed by atoms with E-state index in [4.69, 9.17) is 9.97 Å².